The lowest BCUT2D eigenvalue weighted by atomic mass is 10.0. The highest BCUT2D eigenvalue weighted by atomic mass is 19.4. The highest BCUT2D eigenvalue weighted by Crippen LogP contribution is 2.30. The molecule has 4 nitrogen and oxygen atoms in total. The normalized spacial score (nSPS) is 13.9. The zero-order chi connectivity index (χ0) is 14.0. The van der Waals surface area contributed by atoms with Gasteiger partial charge in [0.15, 0.2) is 5.58 Å². The van der Waals surface area contributed by atoms with Crippen LogP contribution in [-0.2, 0) is 0 Å². The van der Waals surface area contributed by atoms with E-state index in [1.807, 2.05) is 0 Å². The smallest absolute Gasteiger partial charge is 0.408 e. The van der Waals surface area contributed by atoms with Crippen LogP contribution in [0, 0.1) is 0 Å². The van der Waals surface area contributed by atoms with E-state index in [9.17, 15) is 18.0 Å². The van der Waals surface area contributed by atoms with Crippen molar-refractivity contribution in [1.82, 2.24) is 10.3 Å². The number of aromatic amines is 1. The Labute approximate surface area is 106 Å². The minimum Gasteiger partial charge on any atom is -0.408 e. The summed E-state index contributed by atoms with van der Waals surface area (Å²) in [7, 11) is 0. The minimum absolute atomic E-state index is 0.257. The van der Waals surface area contributed by atoms with E-state index >= 15 is 0 Å². The van der Waals surface area contributed by atoms with Gasteiger partial charge in [0.1, 0.15) is 0 Å². The first-order valence-electron chi connectivity index (χ1n) is 5.82. The monoisotopic (exact) mass is 274 g/mol. The summed E-state index contributed by atoms with van der Waals surface area (Å²) in [5, 5.41) is 2.78. The lowest BCUT2D eigenvalue weighted by Gasteiger charge is -2.19. The summed E-state index contributed by atoms with van der Waals surface area (Å²) in [6.07, 6.45) is -5.23. The maximum atomic E-state index is 12.5. The summed E-state index contributed by atoms with van der Waals surface area (Å²) >= 11 is 0. The van der Waals surface area contributed by atoms with E-state index in [2.05, 4.69) is 10.3 Å². The summed E-state index contributed by atoms with van der Waals surface area (Å²) in [5.41, 5.74) is 1.16. The van der Waals surface area contributed by atoms with Gasteiger partial charge in [-0.15, -0.1) is 0 Å². The summed E-state index contributed by atoms with van der Waals surface area (Å²) < 4.78 is 42.4. The Morgan fingerprint density at radius 1 is 1.42 bits per heavy atom. The molecule has 0 amide bonds. The van der Waals surface area contributed by atoms with E-state index in [-0.39, 0.29) is 5.58 Å². The molecule has 1 heterocycles. The van der Waals surface area contributed by atoms with Gasteiger partial charge in [-0.1, -0.05) is 13.0 Å². The van der Waals surface area contributed by atoms with E-state index in [0.717, 1.165) is 0 Å². The third kappa shape index (κ3) is 3.37. The molecule has 1 aromatic carbocycles. The summed E-state index contributed by atoms with van der Waals surface area (Å²) in [5.74, 6) is -0.622. The van der Waals surface area contributed by atoms with Crippen LogP contribution in [-0.4, -0.2) is 17.7 Å². The van der Waals surface area contributed by atoms with Crippen molar-refractivity contribution in [2.75, 3.05) is 6.54 Å². The third-order valence-electron chi connectivity index (χ3n) is 2.73. The van der Waals surface area contributed by atoms with Crippen molar-refractivity contribution < 1.29 is 17.6 Å². The number of aromatic nitrogens is 1. The molecule has 0 saturated carbocycles. The molecule has 2 N–H and O–H groups in total. The first kappa shape index (κ1) is 13.7. The van der Waals surface area contributed by atoms with Crippen molar-refractivity contribution in [3.05, 3.63) is 34.3 Å². The van der Waals surface area contributed by atoms with Crippen LogP contribution in [0.1, 0.15) is 24.9 Å². The predicted octanol–water partition coefficient (Wildman–Crippen LogP) is 2.72. The Balaban J connectivity index is 2.35. The molecule has 2 aromatic rings. The van der Waals surface area contributed by atoms with Crippen LogP contribution >= 0.6 is 0 Å². The van der Waals surface area contributed by atoms with Crippen LogP contribution in [0.2, 0.25) is 0 Å². The molecular formula is C12H13F3N2O2. The molecule has 7 heteroatoms. The lowest BCUT2D eigenvalue weighted by molar-refractivity contribution is -0.140. The molecule has 0 spiro atoms. The second-order valence-corrected chi connectivity index (χ2v) is 4.20. The number of benzene rings is 1. The van der Waals surface area contributed by atoms with Crippen molar-refractivity contribution in [3.63, 3.8) is 0 Å². The first-order valence-corrected chi connectivity index (χ1v) is 5.82. The lowest BCUT2D eigenvalue weighted by Crippen LogP contribution is -2.26. The Morgan fingerprint density at radius 2 is 2.16 bits per heavy atom. The molecule has 19 heavy (non-hydrogen) atoms. The second-order valence-electron chi connectivity index (χ2n) is 4.20. The molecule has 0 aliphatic heterocycles. The maximum absolute atomic E-state index is 12.5. The van der Waals surface area contributed by atoms with Crippen LogP contribution in [0.4, 0.5) is 13.2 Å². The number of oxazole rings is 1. The summed E-state index contributed by atoms with van der Waals surface area (Å²) in [6.45, 7) is 2.15. The first-order chi connectivity index (χ1) is 8.89. The SMILES string of the molecule is CCNC(CC(F)(F)F)c1ccc2[nH]c(=O)oc2c1. The van der Waals surface area contributed by atoms with Crippen molar-refractivity contribution in [3.8, 4) is 0 Å². The number of fused-ring (bicyclic) bond motifs is 1. The molecule has 0 radical (unpaired) electrons. The van der Waals surface area contributed by atoms with Crippen LogP contribution in [0.25, 0.3) is 11.1 Å². The zero-order valence-corrected chi connectivity index (χ0v) is 10.2. The van der Waals surface area contributed by atoms with Gasteiger partial charge in [0.05, 0.1) is 11.9 Å². The van der Waals surface area contributed by atoms with Gasteiger partial charge >= 0.3 is 11.9 Å². The Bertz CT molecular complexity index is 615. The fourth-order valence-corrected chi connectivity index (χ4v) is 1.96. The van der Waals surface area contributed by atoms with Gasteiger partial charge in [0, 0.05) is 6.04 Å². The zero-order valence-electron chi connectivity index (χ0n) is 10.2. The van der Waals surface area contributed by atoms with Crippen LogP contribution in [0.3, 0.4) is 0 Å². The average Bonchev–Trinajstić information content (AvgIpc) is 2.65. The van der Waals surface area contributed by atoms with E-state index < -0.39 is 24.4 Å². The van der Waals surface area contributed by atoms with Crippen molar-refractivity contribution >= 4 is 11.1 Å². The number of hydrogen-bond acceptors (Lipinski definition) is 3. The van der Waals surface area contributed by atoms with Crippen molar-refractivity contribution in [1.29, 1.82) is 0 Å². The summed E-state index contributed by atoms with van der Waals surface area (Å²) in [4.78, 5) is 13.4. The largest absolute Gasteiger partial charge is 0.417 e. The quantitative estimate of drug-likeness (QED) is 0.901. The number of alkyl halides is 3. The fourth-order valence-electron chi connectivity index (χ4n) is 1.96. The number of nitrogens with one attached hydrogen (secondary N) is 2. The van der Waals surface area contributed by atoms with Gasteiger partial charge in [-0.2, -0.15) is 13.2 Å². The molecule has 1 atom stereocenters. The van der Waals surface area contributed by atoms with E-state index in [4.69, 9.17) is 4.42 Å². The number of halogens is 3. The molecule has 0 bridgehead atoms. The molecule has 104 valence electrons. The van der Waals surface area contributed by atoms with E-state index in [1.54, 1.807) is 13.0 Å². The number of H-pyrrole nitrogens is 1. The van der Waals surface area contributed by atoms with Crippen LogP contribution < -0.4 is 11.1 Å². The van der Waals surface area contributed by atoms with Gasteiger partial charge in [-0.05, 0) is 24.2 Å². The molecular weight excluding hydrogens is 261 g/mol. The van der Waals surface area contributed by atoms with Gasteiger partial charge in [0.2, 0.25) is 0 Å². The Kier molecular flexibility index (Phi) is 3.66. The fraction of sp³-hybridized carbons (Fsp3) is 0.417. The highest BCUT2D eigenvalue weighted by molar-refractivity contribution is 5.72. The molecule has 0 aliphatic rings. The third-order valence-corrected chi connectivity index (χ3v) is 2.73. The molecule has 0 fully saturated rings. The standard InChI is InChI=1S/C12H13F3N2O2/c1-2-16-9(6-12(13,14)15)7-3-4-8-10(5-7)19-11(18)17-8/h3-5,9,16H,2,6H2,1H3,(H,17,18). The predicted molar refractivity (Wildman–Crippen MR) is 63.9 cm³/mol. The van der Waals surface area contributed by atoms with Gasteiger partial charge < -0.3 is 9.73 Å². The van der Waals surface area contributed by atoms with Crippen LogP contribution in [0.15, 0.2) is 27.4 Å². The number of rotatable bonds is 4. The van der Waals surface area contributed by atoms with Gasteiger partial charge in [-0.3, -0.25) is 4.98 Å². The van der Waals surface area contributed by atoms with Gasteiger partial charge in [-0.25, -0.2) is 4.79 Å². The Hall–Kier alpha value is -1.76. The summed E-state index contributed by atoms with van der Waals surface area (Å²) in [6, 6.07) is 3.68. The van der Waals surface area contributed by atoms with E-state index in [1.165, 1.54) is 12.1 Å². The van der Waals surface area contributed by atoms with Crippen molar-refractivity contribution in [2.24, 2.45) is 0 Å². The number of hydrogen-bond donors (Lipinski definition) is 2. The molecule has 0 aliphatic carbocycles. The topological polar surface area (TPSA) is 58.0 Å². The van der Waals surface area contributed by atoms with E-state index in [0.29, 0.717) is 17.6 Å². The molecule has 2 rings (SSSR count). The highest BCUT2D eigenvalue weighted by Gasteiger charge is 2.32. The second kappa shape index (κ2) is 5.08. The molecule has 1 unspecified atom stereocenters. The molecule has 1 aromatic heterocycles. The van der Waals surface area contributed by atoms with Crippen molar-refractivity contribution in [2.45, 2.75) is 25.6 Å². The van der Waals surface area contributed by atoms with Gasteiger partial charge in [0.25, 0.3) is 0 Å². The Morgan fingerprint density at radius 3 is 2.79 bits per heavy atom. The van der Waals surface area contributed by atoms with Crippen LogP contribution in [0.5, 0.6) is 0 Å². The molecule has 0 saturated heterocycles. The average molecular weight is 274 g/mol. The minimum atomic E-state index is -4.26. The maximum Gasteiger partial charge on any atom is 0.417 e.